The lowest BCUT2D eigenvalue weighted by Crippen LogP contribution is -1.97. The van der Waals surface area contributed by atoms with Gasteiger partial charge in [-0.2, -0.15) is 0 Å². The molecule has 2 aromatic heterocycles. The van der Waals surface area contributed by atoms with Gasteiger partial charge in [0.05, 0.1) is 22.8 Å². The minimum absolute atomic E-state index is 0.688. The fraction of sp³-hybridized carbons (Fsp3) is 0. The Morgan fingerprint density at radius 3 is 1.10 bits per heavy atom. The molecule has 0 bridgehead atoms. The summed E-state index contributed by atoms with van der Waals surface area (Å²) in [7, 11) is 0. The van der Waals surface area contributed by atoms with Crippen molar-refractivity contribution in [2.45, 2.75) is 0 Å². The van der Waals surface area contributed by atoms with Crippen LogP contribution in [-0.4, -0.2) is 19.9 Å². The van der Waals surface area contributed by atoms with Crippen LogP contribution in [0.5, 0.6) is 0 Å². The molecule has 7 aromatic carbocycles. The number of hydrogen-bond acceptors (Lipinski definition) is 4. The van der Waals surface area contributed by atoms with Gasteiger partial charge in [0.25, 0.3) is 0 Å². The van der Waals surface area contributed by atoms with Gasteiger partial charge in [0.2, 0.25) is 0 Å². The lowest BCUT2D eigenvalue weighted by molar-refractivity contribution is 1.18. The third-order valence-corrected chi connectivity index (χ3v) is 9.33. The van der Waals surface area contributed by atoms with Crippen molar-refractivity contribution < 1.29 is 0 Å². The SMILES string of the molecule is c1ccc(-c2cc(-c3ccccc3)nc(-c3ccc(-c4cccc5cccc(-c6cc(-c7ccccc7)nc(-c7ccccc7)n6)c45)cc3)n2)cc1. The van der Waals surface area contributed by atoms with Crippen LogP contribution in [0.1, 0.15) is 0 Å². The number of benzene rings is 7. The molecule has 0 spiro atoms. The Kier molecular flexibility index (Phi) is 8.16. The standard InChI is InChI=1S/C48H32N4/c1-5-15-34(16-6-1)42-31-43(35-17-7-2-8-18-35)50-48(49-42)39-29-27-33(28-30-39)40-25-13-23-37-24-14-26-41(46(37)40)45-32-44(36-19-9-3-10-20-36)51-47(52-45)38-21-11-4-12-22-38/h1-32H. The molecule has 9 aromatic rings. The molecule has 0 aliphatic rings. The van der Waals surface area contributed by atoms with Crippen LogP contribution in [0.15, 0.2) is 194 Å². The molecule has 0 saturated carbocycles. The maximum Gasteiger partial charge on any atom is 0.160 e. The highest BCUT2D eigenvalue weighted by Crippen LogP contribution is 2.38. The van der Waals surface area contributed by atoms with E-state index in [-0.39, 0.29) is 0 Å². The van der Waals surface area contributed by atoms with Gasteiger partial charge in [0.15, 0.2) is 11.6 Å². The first kappa shape index (κ1) is 31.0. The fourth-order valence-electron chi connectivity index (χ4n) is 6.74. The summed E-state index contributed by atoms with van der Waals surface area (Å²) in [5, 5.41) is 2.29. The van der Waals surface area contributed by atoms with E-state index < -0.39 is 0 Å². The average molecular weight is 665 g/mol. The number of nitrogens with zero attached hydrogens (tertiary/aromatic N) is 4. The largest absolute Gasteiger partial charge is 0.228 e. The third-order valence-electron chi connectivity index (χ3n) is 9.33. The van der Waals surface area contributed by atoms with Gasteiger partial charge in [-0.25, -0.2) is 19.9 Å². The molecule has 0 saturated heterocycles. The van der Waals surface area contributed by atoms with Crippen molar-refractivity contribution in [1.82, 2.24) is 19.9 Å². The quantitative estimate of drug-likeness (QED) is 0.170. The first-order chi connectivity index (χ1) is 25.8. The van der Waals surface area contributed by atoms with Crippen LogP contribution in [0, 0.1) is 0 Å². The van der Waals surface area contributed by atoms with Crippen LogP contribution in [0.3, 0.4) is 0 Å². The molecule has 0 radical (unpaired) electrons. The van der Waals surface area contributed by atoms with E-state index in [1.165, 1.54) is 0 Å². The predicted molar refractivity (Wildman–Crippen MR) is 213 cm³/mol. The second-order valence-electron chi connectivity index (χ2n) is 12.7. The molecule has 4 nitrogen and oxygen atoms in total. The van der Waals surface area contributed by atoms with Crippen LogP contribution in [0.4, 0.5) is 0 Å². The molecule has 0 N–H and O–H groups in total. The van der Waals surface area contributed by atoms with Crippen molar-refractivity contribution in [3.63, 3.8) is 0 Å². The fourth-order valence-corrected chi connectivity index (χ4v) is 6.74. The van der Waals surface area contributed by atoms with Gasteiger partial charge in [-0.15, -0.1) is 0 Å². The summed E-state index contributed by atoms with van der Waals surface area (Å²) in [6.07, 6.45) is 0. The van der Waals surface area contributed by atoms with Gasteiger partial charge in [-0.1, -0.05) is 182 Å². The molecular weight excluding hydrogens is 633 g/mol. The zero-order chi connectivity index (χ0) is 34.7. The van der Waals surface area contributed by atoms with Gasteiger partial charge in [0, 0.05) is 33.4 Å². The summed E-state index contributed by atoms with van der Waals surface area (Å²) in [4.78, 5) is 20.3. The number of aromatic nitrogens is 4. The van der Waals surface area contributed by atoms with Crippen LogP contribution in [0.25, 0.3) is 89.7 Å². The van der Waals surface area contributed by atoms with Crippen molar-refractivity contribution >= 4 is 10.8 Å². The van der Waals surface area contributed by atoms with E-state index >= 15 is 0 Å². The number of hydrogen-bond donors (Lipinski definition) is 0. The molecule has 0 aliphatic heterocycles. The van der Waals surface area contributed by atoms with Crippen molar-refractivity contribution in [3.05, 3.63) is 194 Å². The van der Waals surface area contributed by atoms with Crippen LogP contribution < -0.4 is 0 Å². The van der Waals surface area contributed by atoms with Crippen LogP contribution >= 0.6 is 0 Å². The lowest BCUT2D eigenvalue weighted by Gasteiger charge is -2.15. The van der Waals surface area contributed by atoms with Crippen molar-refractivity contribution in [1.29, 1.82) is 0 Å². The van der Waals surface area contributed by atoms with E-state index in [0.717, 1.165) is 78.1 Å². The summed E-state index contributed by atoms with van der Waals surface area (Å²) in [5.74, 6) is 1.39. The highest BCUT2D eigenvalue weighted by atomic mass is 14.9. The molecule has 0 atom stereocenters. The Hall–Kier alpha value is -7.04. The minimum Gasteiger partial charge on any atom is -0.228 e. The molecule has 0 aliphatic carbocycles. The minimum atomic E-state index is 0.688. The Labute approximate surface area is 302 Å². The van der Waals surface area contributed by atoms with E-state index in [4.69, 9.17) is 19.9 Å². The summed E-state index contributed by atoms with van der Waals surface area (Å²) in [6, 6.07) is 66.8. The smallest absolute Gasteiger partial charge is 0.160 e. The maximum atomic E-state index is 5.18. The first-order valence-electron chi connectivity index (χ1n) is 17.4. The van der Waals surface area contributed by atoms with Gasteiger partial charge < -0.3 is 0 Å². The molecule has 244 valence electrons. The van der Waals surface area contributed by atoms with Crippen molar-refractivity contribution in [2.24, 2.45) is 0 Å². The van der Waals surface area contributed by atoms with E-state index in [9.17, 15) is 0 Å². The maximum absolute atomic E-state index is 5.18. The summed E-state index contributed by atoms with van der Waals surface area (Å²) >= 11 is 0. The van der Waals surface area contributed by atoms with Crippen molar-refractivity contribution in [2.75, 3.05) is 0 Å². The molecule has 0 fully saturated rings. The Bertz CT molecular complexity index is 2520. The first-order valence-corrected chi connectivity index (χ1v) is 17.4. The molecule has 2 heterocycles. The number of fused-ring (bicyclic) bond motifs is 1. The Morgan fingerprint density at radius 1 is 0.250 bits per heavy atom. The summed E-state index contributed by atoms with van der Waals surface area (Å²) in [6.45, 7) is 0. The topological polar surface area (TPSA) is 51.6 Å². The zero-order valence-electron chi connectivity index (χ0n) is 28.3. The average Bonchev–Trinajstić information content (AvgIpc) is 3.24. The van der Waals surface area contributed by atoms with E-state index in [2.05, 4.69) is 121 Å². The van der Waals surface area contributed by atoms with Gasteiger partial charge in [-0.3, -0.25) is 0 Å². The van der Waals surface area contributed by atoms with E-state index in [1.807, 2.05) is 72.8 Å². The van der Waals surface area contributed by atoms with Gasteiger partial charge >= 0.3 is 0 Å². The third kappa shape index (κ3) is 6.14. The molecule has 52 heavy (non-hydrogen) atoms. The predicted octanol–water partition coefficient (Wildman–Crippen LogP) is 12.1. The second-order valence-corrected chi connectivity index (χ2v) is 12.7. The monoisotopic (exact) mass is 664 g/mol. The Balaban J connectivity index is 1.16. The molecule has 4 heteroatoms. The molecular formula is C48H32N4. The summed E-state index contributed by atoms with van der Waals surface area (Å²) < 4.78 is 0. The van der Waals surface area contributed by atoms with Gasteiger partial charge in [-0.05, 0) is 34.0 Å². The molecule has 0 amide bonds. The highest BCUT2D eigenvalue weighted by molar-refractivity contribution is 6.06. The summed E-state index contributed by atoms with van der Waals surface area (Å²) in [5.41, 5.74) is 11.9. The normalized spacial score (nSPS) is 11.1. The van der Waals surface area contributed by atoms with Crippen LogP contribution in [0.2, 0.25) is 0 Å². The number of rotatable bonds is 7. The van der Waals surface area contributed by atoms with Crippen molar-refractivity contribution in [3.8, 4) is 78.9 Å². The molecule has 9 rings (SSSR count). The van der Waals surface area contributed by atoms with E-state index in [0.29, 0.717) is 11.6 Å². The van der Waals surface area contributed by atoms with E-state index in [1.54, 1.807) is 0 Å². The zero-order valence-corrected chi connectivity index (χ0v) is 28.3. The highest BCUT2D eigenvalue weighted by Gasteiger charge is 2.16. The molecule has 0 unspecified atom stereocenters. The lowest BCUT2D eigenvalue weighted by atomic mass is 9.92. The second kappa shape index (κ2) is 13.7. The van der Waals surface area contributed by atoms with Gasteiger partial charge in [0.1, 0.15) is 0 Å². The van der Waals surface area contributed by atoms with Crippen LogP contribution in [-0.2, 0) is 0 Å². The Morgan fingerprint density at radius 2 is 0.615 bits per heavy atom.